The number of nitrogens with one attached hydrogen (secondary N) is 2. The fraction of sp³-hybridized carbons (Fsp3) is 0.450. The van der Waals surface area contributed by atoms with Crippen LogP contribution in [0.3, 0.4) is 0 Å². The molecule has 0 saturated carbocycles. The molecule has 0 aromatic heterocycles. The molecule has 4 rings (SSSR count). The molecule has 142 valence electrons. The number of carbonyl (C=O) groups excluding carboxylic acids is 3. The number of imide groups is 1. The maximum Gasteiger partial charge on any atom is 0.255 e. The number of carbonyl (C=O) groups is 3. The summed E-state index contributed by atoms with van der Waals surface area (Å²) in [6.07, 6.45) is 5.85. The van der Waals surface area contributed by atoms with E-state index in [0.717, 1.165) is 30.6 Å². The monoisotopic (exact) mass is 368 g/mol. The first-order valence-electron chi connectivity index (χ1n) is 9.42. The zero-order valence-corrected chi connectivity index (χ0v) is 15.1. The molecule has 3 amide bonds. The molecule has 27 heavy (non-hydrogen) atoms. The average Bonchev–Trinajstić information content (AvgIpc) is 3.18. The van der Waals surface area contributed by atoms with Gasteiger partial charge in [-0.15, -0.1) is 0 Å². The number of hydrogen-bond donors (Lipinski definition) is 3. The Balaban J connectivity index is 1.38. The molecule has 2 aliphatic heterocycles. The number of fused-ring (bicyclic) bond motifs is 1. The second kappa shape index (κ2) is 7.25. The minimum atomic E-state index is -0.567. The second-order valence-corrected chi connectivity index (χ2v) is 7.57. The number of piperidine rings is 1. The van der Waals surface area contributed by atoms with Gasteiger partial charge < -0.3 is 16.0 Å². The molecule has 1 aromatic carbocycles. The smallest absolute Gasteiger partial charge is 0.255 e. The first kappa shape index (κ1) is 17.9. The lowest BCUT2D eigenvalue weighted by Gasteiger charge is -2.29. The topological polar surface area (TPSA) is 105 Å². The molecule has 1 aromatic rings. The largest absolute Gasteiger partial charge is 0.324 e. The van der Waals surface area contributed by atoms with Crippen LogP contribution in [0.25, 0.3) is 0 Å². The van der Waals surface area contributed by atoms with E-state index in [1.807, 2.05) is 18.2 Å². The maximum atomic E-state index is 12.7. The number of amides is 3. The van der Waals surface area contributed by atoms with Crippen molar-refractivity contribution in [3.05, 3.63) is 47.0 Å². The summed E-state index contributed by atoms with van der Waals surface area (Å²) in [5.74, 6) is -0.313. The molecular weight excluding hydrogens is 344 g/mol. The van der Waals surface area contributed by atoms with E-state index in [-0.39, 0.29) is 30.2 Å². The Hall–Kier alpha value is -2.51. The van der Waals surface area contributed by atoms with Crippen LogP contribution in [0, 0.1) is 5.92 Å². The van der Waals surface area contributed by atoms with Gasteiger partial charge in [0.25, 0.3) is 5.91 Å². The molecule has 3 atom stereocenters. The van der Waals surface area contributed by atoms with Crippen molar-refractivity contribution >= 4 is 17.7 Å². The van der Waals surface area contributed by atoms with Crippen molar-refractivity contribution in [1.82, 2.24) is 15.5 Å². The fourth-order valence-electron chi connectivity index (χ4n) is 4.10. The molecule has 7 heteroatoms. The SMILES string of the molecule is N[C@@H]1C=C[C@H](CNCc2ccc3c(c2)CN(C2CCC(=O)NC2=O)C3=O)C1. The van der Waals surface area contributed by atoms with Crippen molar-refractivity contribution in [1.29, 1.82) is 0 Å². The van der Waals surface area contributed by atoms with Crippen molar-refractivity contribution in [2.45, 2.75) is 44.4 Å². The van der Waals surface area contributed by atoms with Gasteiger partial charge in [-0.3, -0.25) is 19.7 Å². The Morgan fingerprint density at radius 3 is 2.81 bits per heavy atom. The Bertz CT molecular complexity index is 819. The summed E-state index contributed by atoms with van der Waals surface area (Å²) < 4.78 is 0. The first-order valence-corrected chi connectivity index (χ1v) is 9.42. The van der Waals surface area contributed by atoms with Gasteiger partial charge in [-0.05, 0) is 36.0 Å². The van der Waals surface area contributed by atoms with Crippen molar-refractivity contribution < 1.29 is 14.4 Å². The lowest BCUT2D eigenvalue weighted by molar-refractivity contribution is -0.136. The van der Waals surface area contributed by atoms with E-state index in [1.54, 1.807) is 4.90 Å². The van der Waals surface area contributed by atoms with Gasteiger partial charge >= 0.3 is 0 Å². The second-order valence-electron chi connectivity index (χ2n) is 7.57. The predicted octanol–water partition coefficient (Wildman–Crippen LogP) is 0.441. The van der Waals surface area contributed by atoms with Gasteiger partial charge in [-0.1, -0.05) is 24.3 Å². The summed E-state index contributed by atoms with van der Waals surface area (Å²) in [5.41, 5.74) is 8.57. The molecule has 3 aliphatic rings. The van der Waals surface area contributed by atoms with E-state index in [4.69, 9.17) is 5.73 Å². The molecule has 0 bridgehead atoms. The summed E-state index contributed by atoms with van der Waals surface area (Å²) in [5, 5.41) is 5.77. The number of benzene rings is 1. The standard InChI is InChI=1S/C20H24N4O3/c21-15-3-1-13(8-15)10-22-9-12-2-4-16-14(7-12)11-24(20(16)27)17-5-6-18(25)23-19(17)26/h1-4,7,13,15,17,22H,5-6,8-11,21H2,(H,23,25,26)/t13-,15+,17?/m0/s1. The Morgan fingerprint density at radius 1 is 1.22 bits per heavy atom. The molecule has 2 heterocycles. The van der Waals surface area contributed by atoms with Crippen LogP contribution in [-0.4, -0.2) is 41.2 Å². The number of nitrogens with two attached hydrogens (primary N) is 1. The minimum Gasteiger partial charge on any atom is -0.324 e. The van der Waals surface area contributed by atoms with E-state index in [0.29, 0.717) is 24.4 Å². The van der Waals surface area contributed by atoms with Gasteiger partial charge in [0.1, 0.15) is 6.04 Å². The lowest BCUT2D eigenvalue weighted by Crippen LogP contribution is -2.52. The highest BCUT2D eigenvalue weighted by atomic mass is 16.2. The molecule has 1 fully saturated rings. The minimum absolute atomic E-state index is 0.135. The summed E-state index contributed by atoms with van der Waals surface area (Å²) in [6, 6.07) is 5.42. The van der Waals surface area contributed by atoms with Gasteiger partial charge in [0, 0.05) is 37.7 Å². The molecule has 1 saturated heterocycles. The van der Waals surface area contributed by atoms with Crippen molar-refractivity contribution in [2.75, 3.05) is 6.54 Å². The molecular formula is C20H24N4O3. The summed E-state index contributed by atoms with van der Waals surface area (Å²) in [6.45, 7) is 2.01. The van der Waals surface area contributed by atoms with Gasteiger partial charge in [-0.2, -0.15) is 0 Å². The average molecular weight is 368 g/mol. The highest BCUT2D eigenvalue weighted by Gasteiger charge is 2.39. The third-order valence-electron chi connectivity index (χ3n) is 5.53. The van der Waals surface area contributed by atoms with Gasteiger partial charge in [-0.25, -0.2) is 0 Å². The Kier molecular flexibility index (Phi) is 4.80. The van der Waals surface area contributed by atoms with E-state index in [1.165, 1.54) is 0 Å². The van der Waals surface area contributed by atoms with Crippen LogP contribution >= 0.6 is 0 Å². The number of rotatable bonds is 5. The highest BCUT2D eigenvalue weighted by molar-refractivity contribution is 6.05. The lowest BCUT2D eigenvalue weighted by atomic mass is 10.0. The fourth-order valence-corrected chi connectivity index (χ4v) is 4.10. The van der Waals surface area contributed by atoms with Crippen LogP contribution in [0.15, 0.2) is 30.4 Å². The van der Waals surface area contributed by atoms with E-state index < -0.39 is 6.04 Å². The third kappa shape index (κ3) is 3.65. The summed E-state index contributed by atoms with van der Waals surface area (Å²) in [4.78, 5) is 37.7. The molecule has 1 aliphatic carbocycles. The maximum absolute atomic E-state index is 12.7. The molecule has 7 nitrogen and oxygen atoms in total. The van der Waals surface area contributed by atoms with Crippen LogP contribution in [-0.2, 0) is 22.7 Å². The van der Waals surface area contributed by atoms with E-state index >= 15 is 0 Å². The van der Waals surface area contributed by atoms with Crippen LogP contribution in [0.4, 0.5) is 0 Å². The van der Waals surface area contributed by atoms with Crippen LogP contribution in [0.5, 0.6) is 0 Å². The third-order valence-corrected chi connectivity index (χ3v) is 5.53. The molecule has 4 N–H and O–H groups in total. The zero-order chi connectivity index (χ0) is 19.0. The van der Waals surface area contributed by atoms with Crippen molar-refractivity contribution in [2.24, 2.45) is 11.7 Å². The van der Waals surface area contributed by atoms with Crippen LogP contribution < -0.4 is 16.4 Å². The van der Waals surface area contributed by atoms with E-state index in [2.05, 4.69) is 22.8 Å². The van der Waals surface area contributed by atoms with Gasteiger partial charge in [0.05, 0.1) is 0 Å². The quantitative estimate of drug-likeness (QED) is 0.517. The Labute approximate surface area is 158 Å². The van der Waals surface area contributed by atoms with E-state index in [9.17, 15) is 14.4 Å². The highest BCUT2D eigenvalue weighted by Crippen LogP contribution is 2.28. The van der Waals surface area contributed by atoms with Crippen molar-refractivity contribution in [3.8, 4) is 0 Å². The summed E-state index contributed by atoms with van der Waals surface area (Å²) in [7, 11) is 0. The predicted molar refractivity (Wildman–Crippen MR) is 99.4 cm³/mol. The summed E-state index contributed by atoms with van der Waals surface area (Å²) >= 11 is 0. The number of nitrogens with zero attached hydrogens (tertiary/aromatic N) is 1. The van der Waals surface area contributed by atoms with Crippen molar-refractivity contribution in [3.63, 3.8) is 0 Å². The molecule has 1 unspecified atom stereocenters. The zero-order valence-electron chi connectivity index (χ0n) is 15.1. The normalized spacial score (nSPS) is 27.2. The molecule has 0 radical (unpaired) electrons. The van der Waals surface area contributed by atoms with Gasteiger partial charge in [0.15, 0.2) is 0 Å². The first-order chi connectivity index (χ1) is 13.0. The Morgan fingerprint density at radius 2 is 2.07 bits per heavy atom. The molecule has 0 spiro atoms. The number of hydrogen-bond acceptors (Lipinski definition) is 5. The van der Waals surface area contributed by atoms with Crippen LogP contribution in [0.1, 0.15) is 40.7 Å². The van der Waals surface area contributed by atoms with Crippen LogP contribution in [0.2, 0.25) is 0 Å². The van der Waals surface area contributed by atoms with Gasteiger partial charge in [0.2, 0.25) is 11.8 Å².